The predicted molar refractivity (Wildman–Crippen MR) is 86.8 cm³/mol. The van der Waals surface area contributed by atoms with Crippen molar-refractivity contribution in [3.05, 3.63) is 73.5 Å². The minimum atomic E-state index is 0. The fraction of sp³-hybridized carbons (Fsp3) is 0.0526. The minimum absolute atomic E-state index is 0. The van der Waals surface area contributed by atoms with Gasteiger partial charge in [-0.15, -0.1) is 11.5 Å². The van der Waals surface area contributed by atoms with Crippen LogP contribution in [0.4, 0.5) is 0 Å². The van der Waals surface area contributed by atoms with E-state index in [2.05, 4.69) is 74.0 Å². The molecule has 0 aliphatic heterocycles. The number of benzene rings is 3. The van der Waals surface area contributed by atoms with Gasteiger partial charge in [-0.3, -0.25) is 0 Å². The summed E-state index contributed by atoms with van der Waals surface area (Å²) in [6.07, 6.45) is 0. The number of rotatable bonds is 0. The van der Waals surface area contributed by atoms with Gasteiger partial charge in [0.15, 0.2) is 0 Å². The smallest absolute Gasteiger partial charge is 0.0309 e. The molecular weight excluding hydrogens is 420 g/mol. The summed E-state index contributed by atoms with van der Waals surface area (Å²) < 4.78 is 2.27. The van der Waals surface area contributed by atoms with Crippen LogP contribution >= 0.6 is 0 Å². The molecule has 2 radical (unpaired) electrons. The largest absolute Gasteiger partial charge is 0.347 e. The summed E-state index contributed by atoms with van der Waals surface area (Å²) in [4.78, 5) is 0. The van der Waals surface area contributed by atoms with Crippen molar-refractivity contribution in [3.8, 4) is 0 Å². The van der Waals surface area contributed by atoms with Crippen molar-refractivity contribution in [2.75, 3.05) is 0 Å². The maximum absolute atomic E-state index is 4.21. The molecule has 3 heteroatoms. The molecule has 4 rings (SSSR count). The molecule has 0 atom stereocenters. The van der Waals surface area contributed by atoms with E-state index in [-0.39, 0.29) is 65.4 Å². The van der Waals surface area contributed by atoms with E-state index in [1.165, 1.54) is 32.6 Å². The van der Waals surface area contributed by atoms with E-state index < -0.39 is 0 Å². The van der Waals surface area contributed by atoms with Gasteiger partial charge < -0.3 is 4.57 Å². The molecule has 1 nitrogen and oxygen atoms in total. The van der Waals surface area contributed by atoms with Crippen molar-refractivity contribution < 1.29 is 65.4 Å². The first-order chi connectivity index (χ1) is 9.66. The summed E-state index contributed by atoms with van der Waals surface area (Å²) in [7, 11) is 2.13. The standard InChI is InChI=1S/C19H15N.2Y/c1-12-8-9-18-16(10-12)17-11-13(2)14-6-4-5-7-15(14)19(17)20(18)3;;/h4-11H,1-2H2,3H3;;/q-2;;. The van der Waals surface area contributed by atoms with Gasteiger partial charge in [-0.05, 0) is 0 Å². The number of aromatic nitrogens is 1. The van der Waals surface area contributed by atoms with Crippen molar-refractivity contribution in [1.29, 1.82) is 0 Å². The summed E-state index contributed by atoms with van der Waals surface area (Å²) in [5.74, 6) is 0. The summed E-state index contributed by atoms with van der Waals surface area (Å²) >= 11 is 0. The molecule has 0 amide bonds. The van der Waals surface area contributed by atoms with Gasteiger partial charge in [0.2, 0.25) is 0 Å². The average molecular weight is 435 g/mol. The van der Waals surface area contributed by atoms with E-state index in [0.717, 1.165) is 11.1 Å². The van der Waals surface area contributed by atoms with E-state index in [0.29, 0.717) is 0 Å². The molecule has 0 unspecified atom stereocenters. The third-order valence-electron chi connectivity index (χ3n) is 4.15. The van der Waals surface area contributed by atoms with Crippen molar-refractivity contribution >= 4 is 32.6 Å². The number of hydrogen-bond acceptors (Lipinski definition) is 0. The summed E-state index contributed by atoms with van der Waals surface area (Å²) in [5.41, 5.74) is 4.63. The molecule has 22 heavy (non-hydrogen) atoms. The Morgan fingerprint density at radius 3 is 2.18 bits per heavy atom. The maximum Gasteiger partial charge on any atom is 0.0309 e. The van der Waals surface area contributed by atoms with Crippen LogP contribution in [-0.2, 0) is 72.5 Å². The van der Waals surface area contributed by atoms with Crippen molar-refractivity contribution in [2.45, 2.75) is 0 Å². The Morgan fingerprint density at radius 2 is 1.45 bits per heavy atom. The summed E-state index contributed by atoms with van der Waals surface area (Å²) in [5, 5.41) is 5.00. The van der Waals surface area contributed by atoms with E-state index >= 15 is 0 Å². The molecule has 0 bridgehead atoms. The molecule has 0 aliphatic rings. The minimum Gasteiger partial charge on any atom is -0.347 e. The molecule has 3 aromatic carbocycles. The molecule has 0 spiro atoms. The van der Waals surface area contributed by atoms with Gasteiger partial charge in [-0.25, -0.2) is 0 Å². The van der Waals surface area contributed by atoms with Crippen molar-refractivity contribution in [3.63, 3.8) is 0 Å². The fourth-order valence-electron chi connectivity index (χ4n) is 3.21. The molecule has 0 saturated heterocycles. The topological polar surface area (TPSA) is 4.93 Å². The molecule has 104 valence electrons. The van der Waals surface area contributed by atoms with Crippen LogP contribution in [0, 0.1) is 13.8 Å². The van der Waals surface area contributed by atoms with E-state index in [1.807, 2.05) is 0 Å². The molecule has 1 heterocycles. The van der Waals surface area contributed by atoms with Gasteiger partial charge in [0.05, 0.1) is 0 Å². The first kappa shape index (κ1) is 18.0. The Morgan fingerprint density at radius 1 is 0.773 bits per heavy atom. The first-order valence-corrected chi connectivity index (χ1v) is 6.74. The van der Waals surface area contributed by atoms with Crippen LogP contribution < -0.4 is 0 Å². The molecule has 0 saturated carbocycles. The SMILES string of the molecule is [CH2-]c1ccc2c(c1)c1cc([CH2-])c3ccccc3c1n2C.[Y].[Y]. The third kappa shape index (κ3) is 2.57. The fourth-order valence-corrected chi connectivity index (χ4v) is 3.21. The normalized spacial score (nSPS) is 10.6. The van der Waals surface area contributed by atoms with Crippen LogP contribution in [-0.4, -0.2) is 4.57 Å². The Balaban J connectivity index is 0.000000882. The Labute approximate surface area is 181 Å². The van der Waals surface area contributed by atoms with Gasteiger partial charge in [-0.1, -0.05) is 40.4 Å². The number of hydrogen-bond donors (Lipinski definition) is 0. The van der Waals surface area contributed by atoms with Crippen LogP contribution in [0.15, 0.2) is 48.5 Å². The predicted octanol–water partition coefficient (Wildman–Crippen LogP) is 4.84. The van der Waals surface area contributed by atoms with Crippen LogP contribution in [0.1, 0.15) is 11.1 Å². The molecule has 1 aromatic heterocycles. The quantitative estimate of drug-likeness (QED) is 0.349. The molecule has 4 aromatic rings. The first-order valence-electron chi connectivity index (χ1n) is 6.74. The maximum atomic E-state index is 4.21. The molecular formula is C19H15NY2-2. The van der Waals surface area contributed by atoms with E-state index in [4.69, 9.17) is 0 Å². The van der Waals surface area contributed by atoms with Gasteiger partial charge >= 0.3 is 0 Å². The van der Waals surface area contributed by atoms with Crippen LogP contribution in [0.25, 0.3) is 32.6 Å². The van der Waals surface area contributed by atoms with Crippen LogP contribution in [0.5, 0.6) is 0 Å². The Kier molecular flexibility index (Phi) is 5.45. The van der Waals surface area contributed by atoms with Crippen molar-refractivity contribution in [1.82, 2.24) is 4.57 Å². The molecule has 0 aliphatic carbocycles. The van der Waals surface area contributed by atoms with Crippen LogP contribution in [0.2, 0.25) is 0 Å². The second kappa shape index (κ2) is 6.65. The second-order valence-electron chi connectivity index (χ2n) is 5.39. The molecule has 0 N–H and O–H groups in total. The number of aryl methyl sites for hydroxylation is 1. The zero-order chi connectivity index (χ0) is 13.9. The number of fused-ring (bicyclic) bond motifs is 5. The van der Waals surface area contributed by atoms with E-state index in [1.54, 1.807) is 0 Å². The van der Waals surface area contributed by atoms with Crippen molar-refractivity contribution in [2.24, 2.45) is 7.05 Å². The van der Waals surface area contributed by atoms with Crippen LogP contribution in [0.3, 0.4) is 0 Å². The Bertz CT molecular complexity index is 983. The monoisotopic (exact) mass is 435 g/mol. The Hall–Kier alpha value is -0.332. The van der Waals surface area contributed by atoms with Gasteiger partial charge in [-0.2, -0.15) is 43.2 Å². The van der Waals surface area contributed by atoms with Gasteiger partial charge in [0, 0.05) is 83.5 Å². The second-order valence-corrected chi connectivity index (χ2v) is 5.39. The average Bonchev–Trinajstić information content (AvgIpc) is 2.72. The number of nitrogens with zero attached hydrogens (tertiary/aromatic N) is 1. The molecule has 0 fully saturated rings. The zero-order valence-corrected chi connectivity index (χ0v) is 18.3. The van der Waals surface area contributed by atoms with E-state index in [9.17, 15) is 0 Å². The van der Waals surface area contributed by atoms with Gasteiger partial charge in [0.25, 0.3) is 0 Å². The third-order valence-corrected chi connectivity index (χ3v) is 4.15. The summed E-state index contributed by atoms with van der Waals surface area (Å²) in [6.45, 7) is 8.26. The summed E-state index contributed by atoms with van der Waals surface area (Å²) in [6, 6.07) is 17.0. The zero-order valence-electron chi connectivity index (χ0n) is 12.6. The van der Waals surface area contributed by atoms with Gasteiger partial charge in [0.1, 0.15) is 0 Å².